The van der Waals surface area contributed by atoms with Crippen LogP contribution in [0.4, 0.5) is 4.79 Å². The molecule has 3 amide bonds. The summed E-state index contributed by atoms with van der Waals surface area (Å²) in [5, 5.41) is 19.5. The van der Waals surface area contributed by atoms with E-state index in [0.29, 0.717) is 13.1 Å². The Kier molecular flexibility index (Phi) is 5.94. The van der Waals surface area contributed by atoms with Crippen molar-refractivity contribution in [3.63, 3.8) is 0 Å². The molecule has 0 spiro atoms. The number of carboxylic acids is 2. The fraction of sp³-hybridized carbons (Fsp3) is 0.667. The highest BCUT2D eigenvalue weighted by atomic mass is 16.4. The molecular weight excluding hydrogens is 282 g/mol. The van der Waals surface area contributed by atoms with Crippen LogP contribution in [0.5, 0.6) is 0 Å². The number of amides is 3. The van der Waals surface area contributed by atoms with Gasteiger partial charge in [0.15, 0.2) is 0 Å². The van der Waals surface area contributed by atoms with Crippen LogP contribution >= 0.6 is 0 Å². The summed E-state index contributed by atoms with van der Waals surface area (Å²) in [6.07, 6.45) is 1.14. The highest BCUT2D eigenvalue weighted by Gasteiger charge is 2.26. The molecule has 0 aliphatic carbocycles. The van der Waals surface area contributed by atoms with Gasteiger partial charge in [0.1, 0.15) is 12.6 Å². The van der Waals surface area contributed by atoms with Crippen LogP contribution in [-0.4, -0.2) is 76.6 Å². The predicted molar refractivity (Wildman–Crippen MR) is 70.7 cm³/mol. The Hall–Kier alpha value is -2.32. The van der Waals surface area contributed by atoms with Crippen molar-refractivity contribution in [3.8, 4) is 0 Å². The Bertz CT molecular complexity index is 433. The lowest BCUT2D eigenvalue weighted by molar-refractivity contribution is -0.145. The van der Waals surface area contributed by atoms with Crippen LogP contribution in [0.15, 0.2) is 0 Å². The molecule has 1 fully saturated rings. The molecule has 118 valence electrons. The molecule has 0 aromatic heterocycles. The Balaban J connectivity index is 2.50. The van der Waals surface area contributed by atoms with Crippen molar-refractivity contribution in [2.24, 2.45) is 0 Å². The molecule has 3 N–H and O–H groups in total. The molecule has 21 heavy (non-hydrogen) atoms. The number of hydrogen-bond donors (Lipinski definition) is 3. The van der Waals surface area contributed by atoms with Crippen LogP contribution in [0.25, 0.3) is 0 Å². The van der Waals surface area contributed by atoms with Crippen molar-refractivity contribution < 1.29 is 29.4 Å². The Morgan fingerprint density at radius 2 is 1.76 bits per heavy atom. The largest absolute Gasteiger partial charge is 0.481 e. The lowest BCUT2D eigenvalue weighted by Gasteiger charge is -2.23. The van der Waals surface area contributed by atoms with Gasteiger partial charge in [-0.3, -0.25) is 9.59 Å². The van der Waals surface area contributed by atoms with Crippen molar-refractivity contribution in [2.45, 2.75) is 25.3 Å². The monoisotopic (exact) mass is 301 g/mol. The Morgan fingerprint density at radius 3 is 2.24 bits per heavy atom. The van der Waals surface area contributed by atoms with Crippen molar-refractivity contribution in [1.29, 1.82) is 0 Å². The van der Waals surface area contributed by atoms with E-state index in [-0.39, 0.29) is 12.5 Å². The standard InChI is InChI=1S/C12H19N3O6/c1-14(7-9(16)15-4-2-3-5-15)12(21)13-8(11(19)20)6-10(17)18/h8H,2-7H2,1H3,(H,13,21)(H,17,18)(H,19,20). The number of nitrogens with one attached hydrogen (secondary N) is 1. The smallest absolute Gasteiger partial charge is 0.326 e. The predicted octanol–water partition coefficient (Wildman–Crippen LogP) is -0.822. The molecule has 0 bridgehead atoms. The molecule has 1 saturated heterocycles. The minimum absolute atomic E-state index is 0.175. The van der Waals surface area contributed by atoms with E-state index in [1.807, 2.05) is 0 Å². The number of carboxylic acid groups (broad SMARTS) is 2. The van der Waals surface area contributed by atoms with Crippen molar-refractivity contribution in [1.82, 2.24) is 15.1 Å². The van der Waals surface area contributed by atoms with Gasteiger partial charge in [0, 0.05) is 20.1 Å². The van der Waals surface area contributed by atoms with Gasteiger partial charge in [-0.15, -0.1) is 0 Å². The molecular formula is C12H19N3O6. The molecule has 0 aromatic carbocycles. The van der Waals surface area contributed by atoms with E-state index < -0.39 is 30.4 Å². The number of likely N-dealkylation sites (tertiary alicyclic amines) is 1. The molecule has 0 radical (unpaired) electrons. The molecule has 1 heterocycles. The number of rotatable bonds is 6. The lowest BCUT2D eigenvalue weighted by atomic mass is 10.2. The first-order valence-electron chi connectivity index (χ1n) is 6.55. The Morgan fingerprint density at radius 1 is 1.19 bits per heavy atom. The van der Waals surface area contributed by atoms with Gasteiger partial charge in [-0.25, -0.2) is 9.59 Å². The minimum Gasteiger partial charge on any atom is -0.481 e. The van der Waals surface area contributed by atoms with Gasteiger partial charge in [0.25, 0.3) is 0 Å². The van der Waals surface area contributed by atoms with Gasteiger partial charge in [0.05, 0.1) is 6.42 Å². The average molecular weight is 301 g/mol. The summed E-state index contributed by atoms with van der Waals surface area (Å²) in [4.78, 5) is 47.7. The minimum atomic E-state index is -1.53. The third-order valence-corrected chi connectivity index (χ3v) is 3.15. The lowest BCUT2D eigenvalue weighted by Crippen LogP contribution is -2.50. The van der Waals surface area contributed by atoms with Crippen LogP contribution in [-0.2, 0) is 14.4 Å². The highest BCUT2D eigenvalue weighted by Crippen LogP contribution is 2.07. The first kappa shape index (κ1) is 16.7. The highest BCUT2D eigenvalue weighted by molar-refractivity contribution is 5.88. The SMILES string of the molecule is CN(CC(=O)N1CCCC1)C(=O)NC(CC(=O)O)C(=O)O. The van der Waals surface area contributed by atoms with Gasteiger partial charge < -0.3 is 25.3 Å². The van der Waals surface area contributed by atoms with Gasteiger partial charge in [-0.05, 0) is 12.8 Å². The van der Waals surface area contributed by atoms with Gasteiger partial charge in [-0.1, -0.05) is 0 Å². The number of urea groups is 1. The van der Waals surface area contributed by atoms with E-state index in [4.69, 9.17) is 10.2 Å². The molecule has 1 atom stereocenters. The molecule has 9 heteroatoms. The summed E-state index contributed by atoms with van der Waals surface area (Å²) in [6.45, 7) is 1.14. The van der Waals surface area contributed by atoms with E-state index >= 15 is 0 Å². The normalized spacial score (nSPS) is 15.4. The molecule has 1 rings (SSSR count). The quantitative estimate of drug-likeness (QED) is 0.588. The maximum atomic E-state index is 11.9. The van der Waals surface area contributed by atoms with Crippen LogP contribution in [0.1, 0.15) is 19.3 Å². The first-order valence-corrected chi connectivity index (χ1v) is 6.55. The molecule has 9 nitrogen and oxygen atoms in total. The van der Waals surface area contributed by atoms with E-state index in [1.165, 1.54) is 7.05 Å². The van der Waals surface area contributed by atoms with Crippen LogP contribution in [0.2, 0.25) is 0 Å². The van der Waals surface area contributed by atoms with E-state index in [1.54, 1.807) is 4.90 Å². The summed E-state index contributed by atoms with van der Waals surface area (Å²) >= 11 is 0. The number of aliphatic carboxylic acids is 2. The zero-order valence-corrected chi connectivity index (χ0v) is 11.7. The number of carbonyl (C=O) groups excluding carboxylic acids is 2. The van der Waals surface area contributed by atoms with E-state index in [2.05, 4.69) is 5.32 Å². The van der Waals surface area contributed by atoms with Crippen molar-refractivity contribution in [2.75, 3.05) is 26.7 Å². The maximum Gasteiger partial charge on any atom is 0.326 e. The first-order chi connectivity index (χ1) is 9.81. The second-order valence-electron chi connectivity index (χ2n) is 4.88. The Labute approximate surface area is 121 Å². The van der Waals surface area contributed by atoms with Gasteiger partial charge in [-0.2, -0.15) is 0 Å². The fourth-order valence-corrected chi connectivity index (χ4v) is 1.98. The molecule has 1 unspecified atom stereocenters. The third-order valence-electron chi connectivity index (χ3n) is 3.15. The van der Waals surface area contributed by atoms with Gasteiger partial charge >= 0.3 is 18.0 Å². The van der Waals surface area contributed by atoms with E-state index in [0.717, 1.165) is 17.7 Å². The number of likely N-dealkylation sites (N-methyl/N-ethyl adjacent to an activating group) is 1. The topological polar surface area (TPSA) is 127 Å². The summed E-state index contributed by atoms with van der Waals surface area (Å²) in [5.74, 6) is -2.99. The zero-order valence-electron chi connectivity index (χ0n) is 11.7. The summed E-state index contributed by atoms with van der Waals surface area (Å²) < 4.78 is 0. The van der Waals surface area contributed by atoms with Crippen LogP contribution in [0, 0.1) is 0 Å². The van der Waals surface area contributed by atoms with Crippen molar-refractivity contribution in [3.05, 3.63) is 0 Å². The van der Waals surface area contributed by atoms with E-state index in [9.17, 15) is 19.2 Å². The fourth-order valence-electron chi connectivity index (χ4n) is 1.98. The summed E-state index contributed by atoms with van der Waals surface area (Å²) in [6, 6.07) is -2.32. The van der Waals surface area contributed by atoms with Crippen LogP contribution in [0.3, 0.4) is 0 Å². The number of nitrogens with zero attached hydrogens (tertiary/aromatic N) is 2. The maximum absolute atomic E-state index is 11.9. The summed E-state index contributed by atoms with van der Waals surface area (Å²) in [5.41, 5.74) is 0. The van der Waals surface area contributed by atoms with Crippen LogP contribution < -0.4 is 5.32 Å². The molecule has 1 aliphatic rings. The zero-order chi connectivity index (χ0) is 16.0. The molecule has 0 saturated carbocycles. The third kappa shape index (κ3) is 5.28. The number of hydrogen-bond acceptors (Lipinski definition) is 4. The van der Waals surface area contributed by atoms with Gasteiger partial charge in [0.2, 0.25) is 5.91 Å². The average Bonchev–Trinajstić information content (AvgIpc) is 2.90. The molecule has 0 aromatic rings. The van der Waals surface area contributed by atoms with Crippen molar-refractivity contribution >= 4 is 23.9 Å². The summed E-state index contributed by atoms with van der Waals surface area (Å²) in [7, 11) is 1.35. The molecule has 1 aliphatic heterocycles. The number of carbonyl (C=O) groups is 4. The second kappa shape index (κ2) is 7.46. The second-order valence-corrected chi connectivity index (χ2v) is 4.88.